The number of amides is 1. The molecule has 4 rings (SSSR count). The van der Waals surface area contributed by atoms with Gasteiger partial charge in [-0.15, -0.1) is 8.78 Å². The van der Waals surface area contributed by atoms with Crippen LogP contribution in [0.3, 0.4) is 0 Å². The summed E-state index contributed by atoms with van der Waals surface area (Å²) < 4.78 is 35.6. The first-order chi connectivity index (χ1) is 18.3. The summed E-state index contributed by atoms with van der Waals surface area (Å²) in [6.45, 7) is 6.39. The fraction of sp³-hybridized carbons (Fsp3) is 0.385. The molecule has 1 aliphatic rings. The van der Waals surface area contributed by atoms with Crippen molar-refractivity contribution in [3.63, 3.8) is 0 Å². The molecule has 0 radical (unpaired) electrons. The Kier molecular flexibility index (Phi) is 8.07. The highest BCUT2D eigenvalue weighted by atomic mass is 35.5. The van der Waals surface area contributed by atoms with E-state index in [-0.39, 0.29) is 23.3 Å². The molecule has 0 bridgehead atoms. The van der Waals surface area contributed by atoms with E-state index in [2.05, 4.69) is 25.2 Å². The maximum atomic E-state index is 13.0. The van der Waals surface area contributed by atoms with Gasteiger partial charge in [0.2, 0.25) is 0 Å². The first-order valence-electron chi connectivity index (χ1n) is 12.3. The number of pyridine rings is 1. The van der Waals surface area contributed by atoms with E-state index in [0.29, 0.717) is 42.3 Å². The van der Waals surface area contributed by atoms with Crippen molar-refractivity contribution in [1.82, 2.24) is 15.2 Å². The van der Waals surface area contributed by atoms with Crippen LogP contribution in [0.1, 0.15) is 37.6 Å². The number of H-pyrrole nitrogens is 1. The molecule has 208 valence electrons. The Morgan fingerprint density at radius 2 is 1.97 bits per heavy atom. The topological polar surface area (TPSA) is 135 Å². The fourth-order valence-electron chi connectivity index (χ4n) is 3.91. The van der Waals surface area contributed by atoms with Crippen molar-refractivity contribution >= 4 is 35.0 Å². The molecule has 2 aromatic heterocycles. The number of nitrogens with two attached hydrogens (primary N) is 1. The molecule has 1 saturated heterocycles. The molecule has 2 unspecified atom stereocenters. The van der Waals surface area contributed by atoms with Gasteiger partial charge in [-0.25, -0.2) is 4.98 Å². The van der Waals surface area contributed by atoms with Crippen LogP contribution in [0.5, 0.6) is 5.75 Å². The highest BCUT2D eigenvalue weighted by Crippen LogP contribution is 2.32. The molecule has 3 heterocycles. The van der Waals surface area contributed by atoms with E-state index in [9.17, 15) is 18.4 Å². The van der Waals surface area contributed by atoms with Crippen LogP contribution in [0.15, 0.2) is 48.8 Å². The predicted octanol–water partition coefficient (Wildman–Crippen LogP) is 4.39. The van der Waals surface area contributed by atoms with Crippen molar-refractivity contribution in [2.75, 3.05) is 23.3 Å². The Morgan fingerprint density at radius 1 is 1.26 bits per heavy atom. The monoisotopic (exact) mass is 562 g/mol. The molecule has 2 atom stereocenters. The molecular weight excluding hydrogens is 534 g/mol. The molecule has 0 aliphatic carbocycles. The number of nitrogens with one attached hydrogen (secondary N) is 2. The van der Waals surface area contributed by atoms with Gasteiger partial charge >= 0.3 is 11.5 Å². The van der Waals surface area contributed by atoms with Crippen LogP contribution in [-0.4, -0.2) is 57.4 Å². The molecule has 1 fully saturated rings. The zero-order valence-corrected chi connectivity index (χ0v) is 22.3. The number of benzene rings is 1. The second-order valence-electron chi connectivity index (χ2n) is 9.79. The van der Waals surface area contributed by atoms with Crippen molar-refractivity contribution in [3.8, 4) is 17.0 Å². The highest BCUT2D eigenvalue weighted by Gasteiger charge is 2.37. The molecule has 1 aliphatic heterocycles. The standard InChI is InChI=1S/C26H29ClF2N6O4/c1-15(2)25(3,30)24(37)38-19-9-11-35(14-19)22-20(21-8-10-32-34-21)12-16(13-31-22)23(36)33-17-4-6-18(7-5-17)39-26(27,28)29/h4-8,10,12-13,15,19H,9,11,14,30H2,1-3H3,(H,32,34)(H,33,36). The zero-order valence-electron chi connectivity index (χ0n) is 21.6. The second kappa shape index (κ2) is 11.1. The summed E-state index contributed by atoms with van der Waals surface area (Å²) in [5, 5.41) is 9.61. The smallest absolute Gasteiger partial charge is 0.459 e. The molecular formula is C26H29ClF2N6O4. The number of carbonyl (C=O) groups excluding carboxylic acids is 2. The molecule has 1 aromatic carbocycles. The van der Waals surface area contributed by atoms with E-state index in [1.54, 1.807) is 25.3 Å². The lowest BCUT2D eigenvalue weighted by atomic mass is 9.90. The first-order valence-corrected chi connectivity index (χ1v) is 12.6. The third-order valence-electron chi connectivity index (χ3n) is 6.62. The number of anilines is 2. The fourth-order valence-corrected chi connectivity index (χ4v) is 4.00. The van der Waals surface area contributed by atoms with E-state index < -0.39 is 23.0 Å². The summed E-state index contributed by atoms with van der Waals surface area (Å²) in [6.07, 6.45) is 3.26. The number of hydrogen-bond acceptors (Lipinski definition) is 8. The van der Waals surface area contributed by atoms with Crippen LogP contribution >= 0.6 is 11.6 Å². The number of ether oxygens (including phenoxy) is 2. The van der Waals surface area contributed by atoms with Crippen LogP contribution in [0.25, 0.3) is 11.3 Å². The van der Waals surface area contributed by atoms with Gasteiger partial charge in [0.1, 0.15) is 23.2 Å². The maximum Gasteiger partial charge on any atom is 0.487 e. The van der Waals surface area contributed by atoms with Crippen molar-refractivity contribution < 1.29 is 27.8 Å². The number of carbonyl (C=O) groups is 2. The summed E-state index contributed by atoms with van der Waals surface area (Å²) in [7, 11) is 0. The summed E-state index contributed by atoms with van der Waals surface area (Å²) in [5.74, 6) is -0.562. The Hall–Kier alpha value is -3.77. The summed E-state index contributed by atoms with van der Waals surface area (Å²) in [6, 6.07) is 8.76. The molecule has 3 aromatic rings. The van der Waals surface area contributed by atoms with Gasteiger partial charge in [-0.05, 0) is 49.2 Å². The summed E-state index contributed by atoms with van der Waals surface area (Å²) >= 11 is 4.78. The number of halogens is 3. The third kappa shape index (κ3) is 6.82. The van der Waals surface area contributed by atoms with E-state index >= 15 is 0 Å². The summed E-state index contributed by atoms with van der Waals surface area (Å²) in [5.41, 5.74) is 3.12. The minimum Gasteiger partial charge on any atom is -0.459 e. The highest BCUT2D eigenvalue weighted by molar-refractivity contribution is 6.20. The number of alkyl halides is 3. The lowest BCUT2D eigenvalue weighted by molar-refractivity contribution is -0.155. The Labute approximate surface area is 228 Å². The van der Waals surface area contributed by atoms with Gasteiger partial charge in [-0.2, -0.15) is 5.10 Å². The van der Waals surface area contributed by atoms with Gasteiger partial charge in [0.25, 0.3) is 5.91 Å². The van der Waals surface area contributed by atoms with E-state index in [4.69, 9.17) is 22.1 Å². The van der Waals surface area contributed by atoms with Gasteiger partial charge in [0.05, 0.1) is 17.8 Å². The van der Waals surface area contributed by atoms with Crippen molar-refractivity contribution in [2.45, 2.75) is 44.4 Å². The molecule has 0 spiro atoms. The van der Waals surface area contributed by atoms with Gasteiger partial charge < -0.3 is 25.4 Å². The van der Waals surface area contributed by atoms with E-state index in [1.807, 2.05) is 18.7 Å². The van der Waals surface area contributed by atoms with E-state index in [0.717, 1.165) is 0 Å². The average molecular weight is 563 g/mol. The quantitative estimate of drug-likeness (QED) is 0.258. The van der Waals surface area contributed by atoms with Crippen LogP contribution < -0.4 is 20.7 Å². The molecule has 10 nitrogen and oxygen atoms in total. The SMILES string of the molecule is CC(C)C(C)(N)C(=O)OC1CCN(c2ncc(C(=O)Nc3ccc(OC(F)(F)Cl)cc3)cc2-c2ccn[nH]2)C1. The van der Waals surface area contributed by atoms with Crippen molar-refractivity contribution in [3.05, 3.63) is 54.4 Å². The number of aromatic amines is 1. The Bertz CT molecular complexity index is 1310. The van der Waals surface area contributed by atoms with Crippen molar-refractivity contribution in [1.29, 1.82) is 0 Å². The second-order valence-corrected chi connectivity index (χ2v) is 10.2. The van der Waals surface area contributed by atoms with Crippen LogP contribution in [0, 0.1) is 5.92 Å². The minimum absolute atomic E-state index is 0.0866. The van der Waals surface area contributed by atoms with Gasteiger partial charge in [0.15, 0.2) is 0 Å². The number of nitrogens with zero attached hydrogens (tertiary/aromatic N) is 3. The van der Waals surface area contributed by atoms with E-state index in [1.165, 1.54) is 30.5 Å². The first kappa shape index (κ1) is 28.2. The lowest BCUT2D eigenvalue weighted by Crippen LogP contribution is -2.51. The molecule has 13 heteroatoms. The van der Waals surface area contributed by atoms with Crippen LogP contribution in [0.2, 0.25) is 0 Å². The molecule has 0 saturated carbocycles. The Morgan fingerprint density at radius 3 is 2.59 bits per heavy atom. The largest absolute Gasteiger partial charge is 0.487 e. The summed E-state index contributed by atoms with van der Waals surface area (Å²) in [4.78, 5) is 32.1. The number of rotatable bonds is 9. The molecule has 4 N–H and O–H groups in total. The third-order valence-corrected chi connectivity index (χ3v) is 6.70. The normalized spacial score (nSPS) is 17.1. The van der Waals surface area contributed by atoms with Crippen molar-refractivity contribution in [2.24, 2.45) is 11.7 Å². The molecule has 1 amide bonds. The minimum atomic E-state index is -3.84. The average Bonchev–Trinajstić information content (AvgIpc) is 3.56. The zero-order chi connectivity index (χ0) is 28.4. The van der Waals surface area contributed by atoms with Gasteiger partial charge in [-0.1, -0.05) is 13.8 Å². The number of hydrogen-bond donors (Lipinski definition) is 3. The predicted molar refractivity (Wildman–Crippen MR) is 142 cm³/mol. The van der Waals surface area contributed by atoms with Crippen LogP contribution in [0.4, 0.5) is 20.3 Å². The Balaban J connectivity index is 1.50. The van der Waals surface area contributed by atoms with Gasteiger partial charge in [0, 0.05) is 48.2 Å². The molecule has 39 heavy (non-hydrogen) atoms. The number of esters is 1. The van der Waals surface area contributed by atoms with Gasteiger partial charge in [-0.3, -0.25) is 14.7 Å². The maximum absolute atomic E-state index is 13.0. The number of aromatic nitrogens is 3. The van der Waals surface area contributed by atoms with Crippen LogP contribution in [-0.2, 0) is 9.53 Å². The lowest BCUT2D eigenvalue weighted by Gasteiger charge is -2.28.